The average molecular weight is 390 g/mol. The van der Waals surface area contributed by atoms with E-state index in [1.54, 1.807) is 18.2 Å². The van der Waals surface area contributed by atoms with Crippen molar-refractivity contribution >= 4 is 28.8 Å². The van der Waals surface area contributed by atoms with Crippen molar-refractivity contribution in [3.63, 3.8) is 0 Å². The molecule has 0 aliphatic heterocycles. The van der Waals surface area contributed by atoms with Gasteiger partial charge in [0.1, 0.15) is 0 Å². The largest absolute Gasteiger partial charge is 0.399 e. The molecule has 0 fully saturated rings. The van der Waals surface area contributed by atoms with E-state index in [0.717, 1.165) is 24.8 Å². The van der Waals surface area contributed by atoms with E-state index in [-0.39, 0.29) is 5.69 Å². The Labute approximate surface area is 168 Å². The third kappa shape index (κ3) is 5.80. The molecule has 0 saturated heterocycles. The van der Waals surface area contributed by atoms with Gasteiger partial charge in [-0.2, -0.15) is 0 Å². The van der Waals surface area contributed by atoms with Crippen molar-refractivity contribution in [1.82, 2.24) is 0 Å². The summed E-state index contributed by atoms with van der Waals surface area (Å²) in [6.45, 7) is 0. The number of aryl methyl sites for hydroxylation is 2. The molecule has 0 atom stereocenters. The lowest BCUT2D eigenvalue weighted by molar-refractivity contribution is -0.384. The zero-order valence-electron chi connectivity index (χ0n) is 15.8. The highest BCUT2D eigenvalue weighted by atomic mass is 16.6. The van der Waals surface area contributed by atoms with Crippen LogP contribution in [0.2, 0.25) is 0 Å². The van der Waals surface area contributed by atoms with Crippen LogP contribution in [0.3, 0.4) is 0 Å². The number of carbonyl (C=O) groups excluding carboxylic acids is 1. The van der Waals surface area contributed by atoms with Gasteiger partial charge in [-0.1, -0.05) is 36.4 Å². The molecule has 0 spiro atoms. The van der Waals surface area contributed by atoms with Gasteiger partial charge in [-0.25, -0.2) is 4.79 Å². The van der Waals surface area contributed by atoms with Gasteiger partial charge in [-0.3, -0.25) is 10.1 Å². The predicted octanol–water partition coefficient (Wildman–Crippen LogP) is 5.00. The Kier molecular flexibility index (Phi) is 6.42. The Balaban J connectivity index is 1.59. The Hall–Kier alpha value is -3.87. The molecule has 7 heteroatoms. The van der Waals surface area contributed by atoms with Gasteiger partial charge in [0.15, 0.2) is 0 Å². The first-order valence-corrected chi connectivity index (χ1v) is 9.26. The second-order valence-corrected chi connectivity index (χ2v) is 6.64. The normalized spacial score (nSPS) is 10.3. The van der Waals surface area contributed by atoms with Crippen molar-refractivity contribution in [3.05, 3.63) is 94.0 Å². The predicted molar refractivity (Wildman–Crippen MR) is 115 cm³/mol. The third-order valence-corrected chi connectivity index (χ3v) is 4.47. The summed E-state index contributed by atoms with van der Waals surface area (Å²) in [6, 6.07) is 20.9. The molecule has 0 aliphatic rings. The fourth-order valence-electron chi connectivity index (χ4n) is 3.02. The van der Waals surface area contributed by atoms with Crippen LogP contribution in [0.1, 0.15) is 17.5 Å². The Morgan fingerprint density at radius 1 is 0.897 bits per heavy atom. The van der Waals surface area contributed by atoms with E-state index < -0.39 is 11.0 Å². The molecule has 3 aromatic rings. The lowest BCUT2D eigenvalue weighted by atomic mass is 10.0. The number of nitrogens with one attached hydrogen (secondary N) is 2. The number of urea groups is 1. The van der Waals surface area contributed by atoms with Crippen molar-refractivity contribution in [2.75, 3.05) is 16.4 Å². The van der Waals surface area contributed by atoms with Crippen LogP contribution in [0.25, 0.3) is 0 Å². The van der Waals surface area contributed by atoms with E-state index in [4.69, 9.17) is 5.73 Å². The molecule has 0 unspecified atom stereocenters. The lowest BCUT2D eigenvalue weighted by Gasteiger charge is -2.11. The van der Waals surface area contributed by atoms with Gasteiger partial charge in [-0.05, 0) is 54.7 Å². The maximum Gasteiger partial charge on any atom is 0.323 e. The van der Waals surface area contributed by atoms with E-state index in [1.165, 1.54) is 23.8 Å². The smallest absolute Gasteiger partial charge is 0.323 e. The molecule has 3 aromatic carbocycles. The van der Waals surface area contributed by atoms with E-state index in [2.05, 4.69) is 22.8 Å². The summed E-state index contributed by atoms with van der Waals surface area (Å²) in [5.74, 6) is 0. The van der Waals surface area contributed by atoms with E-state index in [9.17, 15) is 14.9 Å². The number of rotatable bonds is 7. The number of non-ortho nitro benzene ring substituents is 1. The summed E-state index contributed by atoms with van der Waals surface area (Å²) >= 11 is 0. The molecule has 0 heterocycles. The molecular formula is C22H22N4O3. The number of carbonyl (C=O) groups is 1. The summed E-state index contributed by atoms with van der Waals surface area (Å²) in [5.41, 5.74) is 9.86. The number of nitrogens with two attached hydrogens (primary N) is 1. The van der Waals surface area contributed by atoms with Crippen LogP contribution in [-0.2, 0) is 12.8 Å². The van der Waals surface area contributed by atoms with Gasteiger partial charge in [0.05, 0.1) is 4.92 Å². The fraction of sp³-hybridized carbons (Fsp3) is 0.136. The average Bonchev–Trinajstić information content (AvgIpc) is 2.71. The molecule has 0 bridgehead atoms. The van der Waals surface area contributed by atoms with Crippen molar-refractivity contribution in [2.24, 2.45) is 0 Å². The molecule has 148 valence electrons. The molecule has 0 aromatic heterocycles. The number of hydrogen-bond donors (Lipinski definition) is 3. The first-order chi connectivity index (χ1) is 14.0. The molecule has 0 saturated carbocycles. The van der Waals surface area contributed by atoms with Crippen molar-refractivity contribution in [3.8, 4) is 0 Å². The lowest BCUT2D eigenvalue weighted by Crippen LogP contribution is -2.19. The van der Waals surface area contributed by atoms with Crippen LogP contribution in [0.4, 0.5) is 27.5 Å². The number of nitro groups is 1. The summed E-state index contributed by atoms with van der Waals surface area (Å²) in [5, 5.41) is 16.2. The monoisotopic (exact) mass is 390 g/mol. The number of benzene rings is 3. The molecular weight excluding hydrogens is 368 g/mol. The zero-order valence-corrected chi connectivity index (χ0v) is 15.8. The maximum absolute atomic E-state index is 12.2. The second-order valence-electron chi connectivity index (χ2n) is 6.64. The molecule has 7 nitrogen and oxygen atoms in total. The number of hydrogen-bond acceptors (Lipinski definition) is 4. The maximum atomic E-state index is 12.2. The van der Waals surface area contributed by atoms with Gasteiger partial charge in [0.2, 0.25) is 0 Å². The van der Waals surface area contributed by atoms with Crippen molar-refractivity contribution in [1.29, 1.82) is 0 Å². The quantitative estimate of drug-likeness (QED) is 0.300. The van der Waals surface area contributed by atoms with Gasteiger partial charge in [0, 0.05) is 29.2 Å². The Bertz CT molecular complexity index is 1010. The fourth-order valence-corrected chi connectivity index (χ4v) is 3.02. The summed E-state index contributed by atoms with van der Waals surface area (Å²) in [6.07, 6.45) is 2.69. The zero-order chi connectivity index (χ0) is 20.6. The van der Waals surface area contributed by atoms with Crippen LogP contribution >= 0.6 is 0 Å². The molecule has 2 amide bonds. The van der Waals surface area contributed by atoms with Crippen molar-refractivity contribution < 1.29 is 9.72 Å². The van der Waals surface area contributed by atoms with Crippen molar-refractivity contribution in [2.45, 2.75) is 19.3 Å². The highest BCUT2D eigenvalue weighted by Crippen LogP contribution is 2.21. The minimum Gasteiger partial charge on any atom is -0.399 e. The van der Waals surface area contributed by atoms with E-state index >= 15 is 0 Å². The minimum absolute atomic E-state index is 0.0870. The standard InChI is InChI=1S/C22H22N4O3/c23-21-13-12-19(14-17(21)9-4-8-16-6-2-1-3-7-16)25-22(27)24-18-10-5-11-20(15-18)26(28)29/h1-3,5-7,10-15H,4,8-9,23H2,(H2,24,25,27). The van der Waals surface area contributed by atoms with Gasteiger partial charge < -0.3 is 16.4 Å². The third-order valence-electron chi connectivity index (χ3n) is 4.47. The summed E-state index contributed by atoms with van der Waals surface area (Å²) in [7, 11) is 0. The topological polar surface area (TPSA) is 110 Å². The highest BCUT2D eigenvalue weighted by Gasteiger charge is 2.09. The minimum atomic E-state index is -0.509. The van der Waals surface area contributed by atoms with Crippen LogP contribution in [0.15, 0.2) is 72.8 Å². The van der Waals surface area contributed by atoms with E-state index in [0.29, 0.717) is 17.1 Å². The molecule has 0 radical (unpaired) electrons. The van der Waals surface area contributed by atoms with Crippen LogP contribution < -0.4 is 16.4 Å². The molecule has 3 rings (SSSR count). The summed E-state index contributed by atoms with van der Waals surface area (Å²) in [4.78, 5) is 22.6. The molecule has 29 heavy (non-hydrogen) atoms. The number of anilines is 3. The highest BCUT2D eigenvalue weighted by molar-refractivity contribution is 6.00. The number of nitro benzene ring substituents is 1. The van der Waals surface area contributed by atoms with Gasteiger partial charge in [0.25, 0.3) is 5.69 Å². The Morgan fingerprint density at radius 3 is 2.34 bits per heavy atom. The second kappa shape index (κ2) is 9.36. The number of nitrogens with zero attached hydrogens (tertiary/aromatic N) is 1. The number of nitrogen functional groups attached to an aromatic ring is 1. The van der Waals surface area contributed by atoms with Crippen LogP contribution in [-0.4, -0.2) is 11.0 Å². The van der Waals surface area contributed by atoms with Crippen LogP contribution in [0, 0.1) is 10.1 Å². The SMILES string of the molecule is Nc1ccc(NC(=O)Nc2cccc([N+](=O)[O-])c2)cc1CCCc1ccccc1. The first kappa shape index (κ1) is 19.9. The Morgan fingerprint density at radius 2 is 1.62 bits per heavy atom. The molecule has 0 aliphatic carbocycles. The molecule has 4 N–H and O–H groups in total. The first-order valence-electron chi connectivity index (χ1n) is 9.26. The number of amides is 2. The summed E-state index contributed by atoms with van der Waals surface area (Å²) < 4.78 is 0. The van der Waals surface area contributed by atoms with Crippen LogP contribution in [0.5, 0.6) is 0 Å². The van der Waals surface area contributed by atoms with Gasteiger partial charge in [-0.15, -0.1) is 0 Å². The van der Waals surface area contributed by atoms with Gasteiger partial charge >= 0.3 is 6.03 Å². The van der Waals surface area contributed by atoms with E-state index in [1.807, 2.05) is 24.3 Å².